The van der Waals surface area contributed by atoms with Crippen LogP contribution in [-0.4, -0.2) is 52.9 Å². The SMILES string of the molecule is COc1cccc2c1OC(C)(C)[C@H]1CC3(CCN(C(=O)CCCc4cn[nH]c4)CC3)[C@H](C)O[C@H]21. The molecule has 4 heterocycles. The number of hydrogen-bond acceptors (Lipinski definition) is 5. The van der Waals surface area contributed by atoms with Crippen molar-refractivity contribution in [2.75, 3.05) is 20.2 Å². The second-order valence-corrected chi connectivity index (χ2v) is 10.8. The van der Waals surface area contributed by atoms with Crippen molar-refractivity contribution in [3.05, 3.63) is 41.7 Å². The van der Waals surface area contributed by atoms with Gasteiger partial charge in [0.2, 0.25) is 5.91 Å². The van der Waals surface area contributed by atoms with Crippen LogP contribution in [0.2, 0.25) is 0 Å². The lowest BCUT2D eigenvalue weighted by Crippen LogP contribution is -2.57. The summed E-state index contributed by atoms with van der Waals surface area (Å²) in [5.41, 5.74) is 1.96. The van der Waals surface area contributed by atoms with Gasteiger partial charge in [-0.25, -0.2) is 0 Å². The number of aromatic amines is 1. The summed E-state index contributed by atoms with van der Waals surface area (Å²) in [5, 5.41) is 6.81. The Balaban J connectivity index is 1.25. The highest BCUT2D eigenvalue weighted by Gasteiger charge is 2.56. The molecule has 1 amide bonds. The Morgan fingerprint density at radius 1 is 1.29 bits per heavy atom. The summed E-state index contributed by atoms with van der Waals surface area (Å²) >= 11 is 0. The van der Waals surface area contributed by atoms with E-state index in [1.165, 1.54) is 0 Å². The van der Waals surface area contributed by atoms with Crippen LogP contribution in [0.1, 0.15) is 70.1 Å². The number of methoxy groups -OCH3 is 1. The molecule has 2 fully saturated rings. The number of ether oxygens (including phenoxy) is 3. The van der Waals surface area contributed by atoms with E-state index in [0.717, 1.165) is 67.8 Å². The number of aromatic nitrogens is 2. The zero-order chi connectivity index (χ0) is 23.9. The van der Waals surface area contributed by atoms with E-state index < -0.39 is 0 Å². The fourth-order valence-corrected chi connectivity index (χ4v) is 6.26. The predicted octanol–water partition coefficient (Wildman–Crippen LogP) is 4.69. The molecule has 34 heavy (non-hydrogen) atoms. The second kappa shape index (κ2) is 8.91. The molecule has 1 spiro atoms. The van der Waals surface area contributed by atoms with Gasteiger partial charge in [-0.15, -0.1) is 0 Å². The lowest BCUT2D eigenvalue weighted by Gasteiger charge is -2.57. The van der Waals surface area contributed by atoms with Crippen LogP contribution in [0.25, 0.3) is 0 Å². The van der Waals surface area contributed by atoms with Crippen molar-refractivity contribution < 1.29 is 19.0 Å². The monoisotopic (exact) mass is 467 g/mol. The summed E-state index contributed by atoms with van der Waals surface area (Å²) in [6.45, 7) is 8.18. The molecular formula is C27H37N3O4. The zero-order valence-electron chi connectivity index (χ0n) is 20.8. The standard InChI is InChI=1S/C27H37N3O4/c1-18-27(11-13-30(14-12-27)23(31)10-5-7-19-16-28-29-17-19)15-21-24(33-18)20-8-6-9-22(32-4)25(20)34-26(21,2)3/h6,8-9,16-18,21,24H,5,7,10-15H2,1-4H3,(H,28,29)/t18-,21-,24+/m0/s1. The summed E-state index contributed by atoms with van der Waals surface area (Å²) in [4.78, 5) is 14.9. The molecule has 7 heteroatoms. The first-order chi connectivity index (χ1) is 16.3. The number of piperidine rings is 1. The van der Waals surface area contributed by atoms with E-state index in [9.17, 15) is 4.79 Å². The highest BCUT2D eigenvalue weighted by atomic mass is 16.5. The maximum atomic E-state index is 12.8. The minimum absolute atomic E-state index is 0.00272. The van der Waals surface area contributed by atoms with Gasteiger partial charge in [0.05, 0.1) is 25.5 Å². The first-order valence-electron chi connectivity index (χ1n) is 12.6. The summed E-state index contributed by atoms with van der Waals surface area (Å²) in [5.74, 6) is 2.10. The van der Waals surface area contributed by atoms with E-state index in [1.54, 1.807) is 7.11 Å². The third-order valence-electron chi connectivity index (χ3n) is 8.52. The van der Waals surface area contributed by atoms with Crippen LogP contribution in [0.5, 0.6) is 11.5 Å². The smallest absolute Gasteiger partial charge is 0.222 e. The molecule has 1 aromatic heterocycles. The number of hydrogen-bond donors (Lipinski definition) is 1. The molecule has 5 rings (SSSR count). The quantitative estimate of drug-likeness (QED) is 0.691. The average molecular weight is 468 g/mol. The third kappa shape index (κ3) is 4.08. The first-order valence-corrected chi connectivity index (χ1v) is 12.6. The number of H-pyrrole nitrogens is 1. The normalized spacial score (nSPS) is 26.9. The summed E-state index contributed by atoms with van der Waals surface area (Å²) in [6.07, 6.45) is 9.19. The van der Waals surface area contributed by atoms with Gasteiger partial charge >= 0.3 is 0 Å². The number of nitrogens with zero attached hydrogens (tertiary/aromatic N) is 2. The predicted molar refractivity (Wildman–Crippen MR) is 129 cm³/mol. The second-order valence-electron chi connectivity index (χ2n) is 10.8. The van der Waals surface area contributed by atoms with Gasteiger partial charge in [-0.3, -0.25) is 9.89 Å². The summed E-state index contributed by atoms with van der Waals surface area (Å²) < 4.78 is 18.9. The minimum Gasteiger partial charge on any atom is -0.493 e. The van der Waals surface area contributed by atoms with Gasteiger partial charge in [0.1, 0.15) is 5.60 Å². The molecule has 7 nitrogen and oxygen atoms in total. The number of nitrogens with one attached hydrogen (secondary N) is 1. The van der Waals surface area contributed by atoms with Crippen molar-refractivity contribution in [3.8, 4) is 11.5 Å². The summed E-state index contributed by atoms with van der Waals surface area (Å²) in [7, 11) is 1.68. The number of para-hydroxylation sites is 1. The van der Waals surface area contributed by atoms with Crippen molar-refractivity contribution in [1.29, 1.82) is 0 Å². The van der Waals surface area contributed by atoms with E-state index in [4.69, 9.17) is 14.2 Å². The number of carbonyl (C=O) groups is 1. The fourth-order valence-electron chi connectivity index (χ4n) is 6.26. The molecule has 2 aromatic rings. The van der Waals surface area contributed by atoms with Gasteiger partial charge in [0.25, 0.3) is 0 Å². The van der Waals surface area contributed by atoms with Crippen LogP contribution < -0.4 is 9.47 Å². The van der Waals surface area contributed by atoms with E-state index in [1.807, 2.05) is 24.5 Å². The van der Waals surface area contributed by atoms with E-state index in [0.29, 0.717) is 6.42 Å². The number of benzene rings is 1. The Morgan fingerprint density at radius 3 is 2.79 bits per heavy atom. The van der Waals surface area contributed by atoms with Gasteiger partial charge in [-0.05, 0) is 64.5 Å². The Morgan fingerprint density at radius 2 is 2.09 bits per heavy atom. The number of likely N-dealkylation sites (tertiary alicyclic amines) is 1. The van der Waals surface area contributed by atoms with E-state index >= 15 is 0 Å². The van der Waals surface area contributed by atoms with E-state index in [-0.39, 0.29) is 35.0 Å². The van der Waals surface area contributed by atoms with Gasteiger partial charge in [0, 0.05) is 42.6 Å². The van der Waals surface area contributed by atoms with Crippen molar-refractivity contribution in [1.82, 2.24) is 15.1 Å². The number of fused-ring (bicyclic) bond motifs is 3. The topological polar surface area (TPSA) is 76.7 Å². The molecule has 3 atom stereocenters. The minimum atomic E-state index is -0.362. The molecule has 0 aliphatic carbocycles. The number of aryl methyl sites for hydroxylation is 1. The van der Waals surface area contributed by atoms with E-state index in [2.05, 4.69) is 41.9 Å². The van der Waals surface area contributed by atoms with Crippen LogP contribution in [0.4, 0.5) is 0 Å². The Kier molecular flexibility index (Phi) is 6.09. The molecule has 3 aliphatic rings. The van der Waals surface area contributed by atoms with Crippen LogP contribution in [0, 0.1) is 11.3 Å². The van der Waals surface area contributed by atoms with Crippen molar-refractivity contribution in [3.63, 3.8) is 0 Å². The molecule has 3 aliphatic heterocycles. The maximum Gasteiger partial charge on any atom is 0.222 e. The van der Waals surface area contributed by atoms with Crippen molar-refractivity contribution in [2.24, 2.45) is 11.3 Å². The van der Waals surface area contributed by atoms with Crippen LogP contribution in [0.15, 0.2) is 30.6 Å². The van der Waals surface area contributed by atoms with Gasteiger partial charge in [-0.1, -0.05) is 12.1 Å². The van der Waals surface area contributed by atoms with Crippen LogP contribution >= 0.6 is 0 Å². The molecule has 0 unspecified atom stereocenters. The van der Waals surface area contributed by atoms with Crippen LogP contribution in [-0.2, 0) is 16.0 Å². The van der Waals surface area contributed by atoms with Crippen molar-refractivity contribution >= 4 is 5.91 Å². The van der Waals surface area contributed by atoms with Crippen molar-refractivity contribution in [2.45, 2.75) is 77.1 Å². The number of amides is 1. The summed E-state index contributed by atoms with van der Waals surface area (Å²) in [6, 6.07) is 6.08. The van der Waals surface area contributed by atoms with Crippen LogP contribution in [0.3, 0.4) is 0 Å². The van der Waals surface area contributed by atoms with Gasteiger partial charge in [0.15, 0.2) is 11.5 Å². The lowest BCUT2D eigenvalue weighted by atomic mass is 9.61. The Hall–Kier alpha value is -2.54. The lowest BCUT2D eigenvalue weighted by molar-refractivity contribution is -0.210. The Bertz CT molecular complexity index is 1010. The molecule has 1 aromatic carbocycles. The fraction of sp³-hybridized carbons (Fsp3) is 0.630. The third-order valence-corrected chi connectivity index (χ3v) is 8.52. The zero-order valence-corrected chi connectivity index (χ0v) is 20.8. The number of rotatable bonds is 5. The molecule has 184 valence electrons. The molecule has 2 saturated heterocycles. The van der Waals surface area contributed by atoms with Gasteiger partial charge < -0.3 is 19.1 Å². The first kappa shape index (κ1) is 23.2. The Labute approximate surface area is 202 Å². The number of carbonyl (C=O) groups excluding carboxylic acids is 1. The maximum absolute atomic E-state index is 12.8. The highest BCUT2D eigenvalue weighted by molar-refractivity contribution is 5.76. The molecule has 1 N–H and O–H groups in total. The molecule has 0 saturated carbocycles. The highest BCUT2D eigenvalue weighted by Crippen LogP contribution is 2.59. The van der Waals surface area contributed by atoms with Gasteiger partial charge in [-0.2, -0.15) is 5.10 Å². The largest absolute Gasteiger partial charge is 0.493 e. The molecule has 0 radical (unpaired) electrons. The molecule has 0 bridgehead atoms. The average Bonchev–Trinajstić information content (AvgIpc) is 3.34. The molecular weight excluding hydrogens is 430 g/mol.